The van der Waals surface area contributed by atoms with E-state index in [0.29, 0.717) is 64.6 Å². The summed E-state index contributed by atoms with van der Waals surface area (Å²) in [6, 6.07) is 1.06. The van der Waals surface area contributed by atoms with Gasteiger partial charge in [0.25, 0.3) is 0 Å². The maximum Gasteiger partial charge on any atom is 0.322 e. The number of anilines is 1. The predicted molar refractivity (Wildman–Crippen MR) is 241 cm³/mol. The highest BCUT2D eigenvalue weighted by atomic mass is 16.5. The molecule has 0 aromatic carbocycles. The van der Waals surface area contributed by atoms with Gasteiger partial charge in [0.15, 0.2) is 0 Å². The molecule has 348 valence electrons. The van der Waals surface area contributed by atoms with E-state index in [2.05, 4.69) is 33.7 Å². The number of pyridine rings is 1. The average molecular weight is 887 g/mol. The van der Waals surface area contributed by atoms with Crippen LogP contribution in [0.5, 0.6) is 0 Å². The number of likely N-dealkylation sites (tertiary alicyclic amines) is 1. The number of nitrogens with one attached hydrogen (secondary N) is 2. The van der Waals surface area contributed by atoms with Crippen LogP contribution >= 0.6 is 0 Å². The van der Waals surface area contributed by atoms with E-state index in [1.165, 1.54) is 11.0 Å². The maximum atomic E-state index is 14.3. The van der Waals surface area contributed by atoms with Gasteiger partial charge in [0.2, 0.25) is 29.6 Å². The minimum atomic E-state index is -1.04. The highest BCUT2D eigenvalue weighted by Crippen LogP contribution is 2.39. The van der Waals surface area contributed by atoms with Crippen LogP contribution in [0.4, 0.5) is 5.95 Å². The molecule has 3 aromatic rings. The second kappa shape index (κ2) is 21.0. The van der Waals surface area contributed by atoms with E-state index in [-0.39, 0.29) is 50.3 Å². The number of nitrogens with zero attached hydrogens (tertiary/aromatic N) is 7. The molecule has 0 radical (unpaired) electrons. The Hall–Kier alpha value is -5.46. The fourth-order valence-corrected chi connectivity index (χ4v) is 9.16. The Bertz CT molecular complexity index is 2190. The van der Waals surface area contributed by atoms with Gasteiger partial charge in [0.1, 0.15) is 18.1 Å². The van der Waals surface area contributed by atoms with Gasteiger partial charge in [0, 0.05) is 82.6 Å². The van der Waals surface area contributed by atoms with E-state index >= 15 is 0 Å². The number of likely N-dealkylation sites (N-methyl/N-ethyl adjacent to an activating group) is 1. The van der Waals surface area contributed by atoms with E-state index in [9.17, 15) is 24.0 Å². The van der Waals surface area contributed by atoms with Gasteiger partial charge < -0.3 is 49.8 Å². The molecule has 3 aliphatic rings. The van der Waals surface area contributed by atoms with Crippen molar-refractivity contribution < 1.29 is 38.2 Å². The zero-order chi connectivity index (χ0) is 46.3. The van der Waals surface area contributed by atoms with Crippen molar-refractivity contribution in [3.05, 3.63) is 48.4 Å². The lowest BCUT2D eigenvalue weighted by Crippen LogP contribution is -2.58. The lowest BCUT2D eigenvalue weighted by atomic mass is 9.85. The summed E-state index contributed by atoms with van der Waals surface area (Å²) in [5, 5.41) is 5.90. The second-order valence-corrected chi connectivity index (χ2v) is 18.2. The van der Waals surface area contributed by atoms with Gasteiger partial charge in [-0.2, -0.15) is 0 Å². The highest BCUT2D eigenvalue weighted by Gasteiger charge is 2.39. The number of carbonyl (C=O) groups is 5. The van der Waals surface area contributed by atoms with E-state index in [1.54, 1.807) is 25.3 Å². The molecule has 4 N–H and O–H groups in total. The first-order valence-electron chi connectivity index (χ1n) is 22.4. The second-order valence-electron chi connectivity index (χ2n) is 18.2. The number of methoxy groups -OCH3 is 1. The Balaban J connectivity index is 1.33. The van der Waals surface area contributed by atoms with Gasteiger partial charge in [-0.3, -0.25) is 29.0 Å². The largest absolute Gasteiger partial charge is 0.464 e. The summed E-state index contributed by atoms with van der Waals surface area (Å²) in [5.41, 5.74) is 11.0. The summed E-state index contributed by atoms with van der Waals surface area (Å²) in [5.74, 6) is -2.26. The third-order valence-electron chi connectivity index (χ3n) is 12.4. The van der Waals surface area contributed by atoms with E-state index < -0.39 is 53.3 Å². The van der Waals surface area contributed by atoms with E-state index in [4.69, 9.17) is 29.9 Å². The van der Waals surface area contributed by atoms with Crippen LogP contribution in [-0.4, -0.2) is 143 Å². The summed E-state index contributed by atoms with van der Waals surface area (Å²) in [6.07, 6.45) is 6.03. The van der Waals surface area contributed by atoms with Crippen molar-refractivity contribution in [2.24, 2.45) is 23.0 Å². The van der Waals surface area contributed by atoms with E-state index in [0.717, 1.165) is 33.5 Å². The average Bonchev–Trinajstić information content (AvgIpc) is 3.89. The van der Waals surface area contributed by atoms with Gasteiger partial charge in [-0.15, -0.1) is 0 Å². The number of aryl methyl sites for hydroxylation is 1. The standard InChI is InChI=1S/C46H66N10O8/c1-9-37(57)54-18-15-29(24-54)43(60)53(7)39(28(3)4)42(59)51-34-21-30-25-55(19-20-63-30)45-50-23-36-38(52-45)32(40(56(36)10-2)31-13-11-16-48-35(31)26-62-8)22-46(5,6)27-64-44(61)33(47)14-12-17-49-41(34)58/h9,11,13,16,23,28-30,33-34,39H,1,10,12,14-15,17-22,24-27,47H2,2-8H3,(H,49,58)(H,51,59)/t29-,30-,33-,34-,39-/m0/s1. The summed E-state index contributed by atoms with van der Waals surface area (Å²) >= 11 is 0. The zero-order valence-corrected chi connectivity index (χ0v) is 38.4. The van der Waals surface area contributed by atoms with Crippen molar-refractivity contribution in [2.45, 2.75) is 104 Å². The molecule has 0 saturated carbocycles. The fourth-order valence-electron chi connectivity index (χ4n) is 9.16. The molecule has 3 aliphatic heterocycles. The van der Waals surface area contributed by atoms with Crippen LogP contribution in [0.25, 0.3) is 22.3 Å². The van der Waals surface area contributed by atoms with Crippen molar-refractivity contribution in [3.63, 3.8) is 0 Å². The highest BCUT2D eigenvalue weighted by molar-refractivity contribution is 5.94. The Kier molecular flexibility index (Phi) is 15.8. The molecule has 5 atom stereocenters. The van der Waals surface area contributed by atoms with Crippen molar-refractivity contribution in [1.29, 1.82) is 0 Å². The Labute approximate surface area is 375 Å². The lowest BCUT2D eigenvalue weighted by Gasteiger charge is -2.36. The number of ether oxygens (including phenoxy) is 3. The number of esters is 1. The molecule has 4 bridgehead atoms. The van der Waals surface area contributed by atoms with Gasteiger partial charge >= 0.3 is 5.97 Å². The minimum absolute atomic E-state index is 0.100. The smallest absolute Gasteiger partial charge is 0.322 e. The van der Waals surface area contributed by atoms with Crippen LogP contribution in [0, 0.1) is 17.3 Å². The Morgan fingerprint density at radius 1 is 1.17 bits per heavy atom. The molecule has 2 saturated heterocycles. The molecule has 6 heterocycles. The minimum Gasteiger partial charge on any atom is -0.464 e. The monoisotopic (exact) mass is 887 g/mol. The molecule has 3 aromatic heterocycles. The van der Waals surface area contributed by atoms with Crippen molar-refractivity contribution in [1.82, 2.24) is 40.0 Å². The van der Waals surface area contributed by atoms with Crippen molar-refractivity contribution >= 4 is 46.6 Å². The van der Waals surface area contributed by atoms with Gasteiger partial charge in [-0.25, -0.2) is 9.97 Å². The molecule has 0 spiro atoms. The number of hydrogen-bond acceptors (Lipinski definition) is 13. The molecule has 6 rings (SSSR count). The number of cyclic esters (lactones) is 1. The zero-order valence-electron chi connectivity index (χ0n) is 38.4. The van der Waals surface area contributed by atoms with Crippen LogP contribution in [-0.2, 0) is 57.8 Å². The molecular weight excluding hydrogens is 821 g/mol. The lowest BCUT2D eigenvalue weighted by molar-refractivity contribution is -0.148. The van der Waals surface area contributed by atoms with Crippen LogP contribution < -0.4 is 21.3 Å². The first-order chi connectivity index (χ1) is 30.6. The molecule has 18 nitrogen and oxygen atoms in total. The topological polar surface area (TPSA) is 216 Å². The number of hydrogen-bond donors (Lipinski definition) is 3. The third kappa shape index (κ3) is 10.9. The number of carbonyl (C=O) groups excluding carboxylic acids is 5. The van der Waals surface area contributed by atoms with Crippen LogP contribution in [0.3, 0.4) is 0 Å². The first kappa shape index (κ1) is 48.0. The van der Waals surface area contributed by atoms with Crippen LogP contribution in [0.1, 0.15) is 71.6 Å². The van der Waals surface area contributed by atoms with Crippen molar-refractivity contribution in [3.8, 4) is 11.3 Å². The molecule has 18 heteroatoms. The summed E-state index contributed by atoms with van der Waals surface area (Å²) in [6.45, 7) is 16.4. The van der Waals surface area contributed by atoms with Gasteiger partial charge in [0.05, 0.1) is 60.5 Å². The summed E-state index contributed by atoms with van der Waals surface area (Å²) in [4.78, 5) is 87.5. The number of amides is 4. The number of fused-ring (bicyclic) bond motifs is 4. The summed E-state index contributed by atoms with van der Waals surface area (Å²) in [7, 11) is 3.23. The van der Waals surface area contributed by atoms with E-state index in [1.807, 2.05) is 50.9 Å². The first-order valence-corrected chi connectivity index (χ1v) is 22.4. The molecular formula is C46H66N10O8. The summed E-state index contributed by atoms with van der Waals surface area (Å²) < 4.78 is 19.9. The number of morpholine rings is 1. The SMILES string of the molecule is C=CC(=O)N1CC[C@H](C(=O)N(C)[C@H](C(=O)N[C@H]2C[C@H]3CN(CCO3)c3ncc4c(n3)c(c(-c3cccnc3COC)n4CC)CC(C)(C)COC(=O)[C@@H](N)CCCNC2=O)C(C)C)C1. The molecule has 2 fully saturated rings. The van der Waals surface area contributed by atoms with Gasteiger partial charge in [-0.1, -0.05) is 34.3 Å². The fraction of sp³-hybridized carbons (Fsp3) is 0.609. The van der Waals surface area contributed by atoms with Crippen molar-refractivity contribution in [2.75, 3.05) is 65.0 Å². The molecule has 64 heavy (non-hydrogen) atoms. The number of aromatic nitrogens is 4. The Morgan fingerprint density at radius 2 is 1.95 bits per heavy atom. The van der Waals surface area contributed by atoms with Gasteiger partial charge in [-0.05, 0) is 56.7 Å². The predicted octanol–water partition coefficient (Wildman–Crippen LogP) is 2.61. The Morgan fingerprint density at radius 3 is 2.67 bits per heavy atom. The number of nitrogens with two attached hydrogens (primary N) is 1. The quantitative estimate of drug-likeness (QED) is 0.198. The normalized spacial score (nSPS) is 22.8. The molecule has 0 unspecified atom stereocenters. The molecule has 4 amide bonds. The maximum absolute atomic E-state index is 14.3. The number of rotatable bonds is 10. The molecule has 0 aliphatic carbocycles. The van der Waals surface area contributed by atoms with Crippen LogP contribution in [0.15, 0.2) is 37.2 Å². The van der Waals surface area contributed by atoms with Crippen LogP contribution in [0.2, 0.25) is 0 Å². The third-order valence-corrected chi connectivity index (χ3v) is 12.4.